The maximum absolute atomic E-state index is 12.9. The lowest BCUT2D eigenvalue weighted by atomic mass is 9.94. The van der Waals surface area contributed by atoms with Gasteiger partial charge in [0, 0.05) is 17.5 Å². The number of hydrogen-bond donors (Lipinski definition) is 1. The average Bonchev–Trinajstić information content (AvgIpc) is 2.73. The molecule has 0 fully saturated rings. The lowest BCUT2D eigenvalue weighted by molar-refractivity contribution is -0.112. The van der Waals surface area contributed by atoms with Crippen LogP contribution in [0.25, 0.3) is 6.08 Å². The summed E-state index contributed by atoms with van der Waals surface area (Å²) in [7, 11) is 0. The fourth-order valence-corrected chi connectivity index (χ4v) is 3.05. The van der Waals surface area contributed by atoms with Crippen LogP contribution < -0.4 is 5.32 Å². The summed E-state index contributed by atoms with van der Waals surface area (Å²) >= 11 is 0. The Morgan fingerprint density at radius 1 is 0.857 bits per heavy atom. The van der Waals surface area contributed by atoms with E-state index in [2.05, 4.69) is 17.2 Å². The Kier molecular flexibility index (Phi) is 4.86. The van der Waals surface area contributed by atoms with Crippen molar-refractivity contribution in [2.24, 2.45) is 0 Å². The Morgan fingerprint density at radius 2 is 1.57 bits per heavy atom. The van der Waals surface area contributed by atoms with Crippen LogP contribution in [0.2, 0.25) is 0 Å². The molecule has 0 spiro atoms. The van der Waals surface area contributed by atoms with E-state index in [1.165, 1.54) is 0 Å². The molecule has 0 unspecified atom stereocenters. The van der Waals surface area contributed by atoms with E-state index in [0.29, 0.717) is 17.7 Å². The Hall–Kier alpha value is -3.90. The minimum absolute atomic E-state index is 0.132. The van der Waals surface area contributed by atoms with Crippen LogP contribution in [-0.4, -0.2) is 11.7 Å². The molecule has 1 N–H and O–H groups in total. The van der Waals surface area contributed by atoms with E-state index in [0.717, 1.165) is 16.7 Å². The zero-order valence-corrected chi connectivity index (χ0v) is 15.1. The zero-order chi connectivity index (χ0) is 19.3. The summed E-state index contributed by atoms with van der Waals surface area (Å²) in [5.41, 5.74) is 3.82. The molecule has 0 bridgehead atoms. The van der Waals surface area contributed by atoms with Crippen molar-refractivity contribution in [1.29, 1.82) is 0 Å². The number of fused-ring (bicyclic) bond motifs is 1. The number of carbonyl (C=O) groups is 2. The van der Waals surface area contributed by atoms with Gasteiger partial charge in [-0.3, -0.25) is 9.59 Å². The molecule has 0 atom stereocenters. The number of ketones is 1. The molecule has 0 saturated heterocycles. The predicted octanol–water partition coefficient (Wildman–Crippen LogP) is 4.50. The van der Waals surface area contributed by atoms with E-state index in [4.69, 9.17) is 0 Å². The van der Waals surface area contributed by atoms with Crippen molar-refractivity contribution in [3.05, 3.63) is 107 Å². The smallest absolute Gasteiger partial charge is 0.259 e. The summed E-state index contributed by atoms with van der Waals surface area (Å²) in [6.07, 6.45) is 2.26. The predicted molar refractivity (Wildman–Crippen MR) is 111 cm³/mol. The molecule has 3 aromatic carbocycles. The monoisotopic (exact) mass is 363 g/mol. The second kappa shape index (κ2) is 7.77. The third-order valence-electron chi connectivity index (χ3n) is 4.48. The van der Waals surface area contributed by atoms with E-state index < -0.39 is 0 Å². The van der Waals surface area contributed by atoms with E-state index in [1.54, 1.807) is 18.2 Å². The topological polar surface area (TPSA) is 46.2 Å². The van der Waals surface area contributed by atoms with Gasteiger partial charge in [0.15, 0.2) is 0 Å². The molecule has 28 heavy (non-hydrogen) atoms. The molecule has 4 rings (SSSR count). The van der Waals surface area contributed by atoms with Crippen LogP contribution in [0, 0.1) is 11.8 Å². The highest BCUT2D eigenvalue weighted by Crippen LogP contribution is 2.27. The van der Waals surface area contributed by atoms with Crippen LogP contribution >= 0.6 is 0 Å². The summed E-state index contributed by atoms with van der Waals surface area (Å²) in [5.74, 6) is 5.57. The van der Waals surface area contributed by atoms with Crippen molar-refractivity contribution in [3.63, 3.8) is 0 Å². The van der Waals surface area contributed by atoms with Crippen LogP contribution in [0.15, 0.2) is 84.4 Å². The van der Waals surface area contributed by atoms with Gasteiger partial charge < -0.3 is 5.32 Å². The van der Waals surface area contributed by atoms with Gasteiger partial charge in [0.05, 0.1) is 11.3 Å². The first-order valence-electron chi connectivity index (χ1n) is 9.00. The van der Waals surface area contributed by atoms with Crippen molar-refractivity contribution in [2.45, 2.75) is 6.42 Å². The summed E-state index contributed by atoms with van der Waals surface area (Å²) in [6.45, 7) is 0. The van der Waals surface area contributed by atoms with Crippen molar-refractivity contribution >= 4 is 23.5 Å². The molecule has 0 aromatic heterocycles. The standard InChI is InChI=1S/C25H17NO2/c27-24-21-16-20(13-7-12-18-8-3-1-4-9-18)14-15-23(21)26-25(28)22(24)17-19-10-5-2-6-11-19/h1-6,8-11,14-17H,12H2,(H,26,28). The first kappa shape index (κ1) is 17.5. The quantitative estimate of drug-likeness (QED) is 0.414. The first-order valence-corrected chi connectivity index (χ1v) is 9.00. The largest absolute Gasteiger partial charge is 0.321 e. The molecule has 1 aliphatic heterocycles. The number of benzene rings is 3. The van der Waals surface area contributed by atoms with Gasteiger partial charge in [-0.05, 0) is 35.4 Å². The first-order chi connectivity index (χ1) is 13.7. The third-order valence-corrected chi connectivity index (χ3v) is 4.48. The number of anilines is 1. The molecule has 0 aliphatic carbocycles. The maximum Gasteiger partial charge on any atom is 0.259 e. The van der Waals surface area contributed by atoms with Crippen molar-refractivity contribution in [1.82, 2.24) is 0 Å². The average molecular weight is 363 g/mol. The number of nitrogens with one attached hydrogen (secondary N) is 1. The summed E-state index contributed by atoms with van der Waals surface area (Å²) in [4.78, 5) is 25.3. The number of Topliss-reactive ketones (excluding diaryl/α,β-unsaturated/α-hetero) is 1. The fraction of sp³-hybridized carbons (Fsp3) is 0.0400. The van der Waals surface area contributed by atoms with Gasteiger partial charge in [-0.15, -0.1) is 0 Å². The molecule has 1 aliphatic rings. The molecule has 0 saturated carbocycles. The highest BCUT2D eigenvalue weighted by Gasteiger charge is 2.28. The van der Waals surface area contributed by atoms with Crippen LogP contribution in [0.3, 0.4) is 0 Å². The normalized spacial score (nSPS) is 14.1. The van der Waals surface area contributed by atoms with Gasteiger partial charge in [-0.1, -0.05) is 72.5 Å². The molecule has 134 valence electrons. The van der Waals surface area contributed by atoms with E-state index in [-0.39, 0.29) is 17.3 Å². The molecule has 0 radical (unpaired) electrons. The van der Waals surface area contributed by atoms with E-state index in [9.17, 15) is 9.59 Å². The van der Waals surface area contributed by atoms with Crippen molar-refractivity contribution in [2.75, 3.05) is 5.32 Å². The lowest BCUT2D eigenvalue weighted by Gasteiger charge is -2.18. The van der Waals surface area contributed by atoms with Crippen molar-refractivity contribution in [3.8, 4) is 11.8 Å². The third kappa shape index (κ3) is 3.77. The Morgan fingerprint density at radius 3 is 2.32 bits per heavy atom. The highest BCUT2D eigenvalue weighted by molar-refractivity contribution is 6.36. The van der Waals surface area contributed by atoms with Gasteiger partial charge in [-0.25, -0.2) is 0 Å². The summed E-state index contributed by atoms with van der Waals surface area (Å²) < 4.78 is 0. The minimum atomic E-state index is -0.385. The second-order valence-corrected chi connectivity index (χ2v) is 6.48. The molecule has 1 heterocycles. The highest BCUT2D eigenvalue weighted by atomic mass is 16.2. The molecule has 3 nitrogen and oxygen atoms in total. The lowest BCUT2D eigenvalue weighted by Crippen LogP contribution is -2.27. The van der Waals surface area contributed by atoms with Gasteiger partial charge in [0.25, 0.3) is 5.91 Å². The van der Waals surface area contributed by atoms with Crippen molar-refractivity contribution < 1.29 is 9.59 Å². The fourth-order valence-electron chi connectivity index (χ4n) is 3.05. The summed E-state index contributed by atoms with van der Waals surface area (Å²) in [5, 5.41) is 2.79. The van der Waals surface area contributed by atoms with Gasteiger partial charge in [0.1, 0.15) is 0 Å². The maximum atomic E-state index is 12.9. The Labute approximate surface area is 163 Å². The van der Waals surface area contributed by atoms with E-state index in [1.807, 2.05) is 66.7 Å². The van der Waals surface area contributed by atoms with E-state index >= 15 is 0 Å². The Balaban J connectivity index is 1.62. The van der Waals surface area contributed by atoms with Crippen LogP contribution in [0.5, 0.6) is 0 Å². The van der Waals surface area contributed by atoms with Gasteiger partial charge in [-0.2, -0.15) is 0 Å². The zero-order valence-electron chi connectivity index (χ0n) is 15.1. The number of carbonyl (C=O) groups excluding carboxylic acids is 2. The Bertz CT molecular complexity index is 1130. The molecule has 3 heteroatoms. The number of amides is 1. The number of hydrogen-bond acceptors (Lipinski definition) is 2. The van der Waals surface area contributed by atoms with Crippen LogP contribution in [0.1, 0.15) is 27.0 Å². The molecule has 3 aromatic rings. The van der Waals surface area contributed by atoms with Gasteiger partial charge in [0.2, 0.25) is 5.78 Å². The van der Waals surface area contributed by atoms with Gasteiger partial charge >= 0.3 is 0 Å². The number of rotatable bonds is 2. The molecular formula is C25H17NO2. The van der Waals surface area contributed by atoms with Crippen LogP contribution in [0.4, 0.5) is 5.69 Å². The summed E-state index contributed by atoms with van der Waals surface area (Å²) in [6, 6.07) is 24.6. The second-order valence-electron chi connectivity index (χ2n) is 6.48. The SMILES string of the molecule is O=C1Nc2ccc(C#CCc3ccccc3)cc2C(=O)C1=Cc1ccccc1. The molecular weight excluding hydrogens is 346 g/mol. The molecule has 1 amide bonds. The van der Waals surface area contributed by atoms with Crippen LogP contribution in [-0.2, 0) is 11.2 Å². The minimum Gasteiger partial charge on any atom is -0.321 e.